The Labute approximate surface area is 125 Å². The fraction of sp³-hybridized carbons (Fsp3) is 0. The van der Waals surface area contributed by atoms with Crippen molar-refractivity contribution in [2.75, 3.05) is 0 Å². The SMILES string of the molecule is O=C(O)C=CC(=O)O.c1ccc2c(c1)ncc1ncccc12. The van der Waals surface area contributed by atoms with Gasteiger partial charge < -0.3 is 10.2 Å². The van der Waals surface area contributed by atoms with Gasteiger partial charge in [0.25, 0.3) is 0 Å². The summed E-state index contributed by atoms with van der Waals surface area (Å²) in [5.41, 5.74) is 1.97. The summed E-state index contributed by atoms with van der Waals surface area (Å²) in [7, 11) is 0. The molecule has 0 radical (unpaired) electrons. The van der Waals surface area contributed by atoms with Crippen molar-refractivity contribution in [3.63, 3.8) is 0 Å². The Balaban J connectivity index is 0.000000192. The molecule has 0 saturated heterocycles. The van der Waals surface area contributed by atoms with E-state index in [0.29, 0.717) is 12.2 Å². The largest absolute Gasteiger partial charge is 0.478 e. The highest BCUT2D eigenvalue weighted by atomic mass is 16.4. The number of para-hydroxylation sites is 1. The molecule has 0 aliphatic rings. The Morgan fingerprint density at radius 2 is 1.41 bits per heavy atom. The van der Waals surface area contributed by atoms with Crippen LogP contribution in [0.25, 0.3) is 21.8 Å². The summed E-state index contributed by atoms with van der Waals surface area (Å²) in [6.07, 6.45) is 4.72. The number of rotatable bonds is 2. The third-order valence-corrected chi connectivity index (χ3v) is 2.73. The molecule has 3 rings (SSSR count). The van der Waals surface area contributed by atoms with Crippen LogP contribution in [0.4, 0.5) is 0 Å². The second kappa shape index (κ2) is 6.94. The normalized spacial score (nSPS) is 10.4. The van der Waals surface area contributed by atoms with Gasteiger partial charge in [0.2, 0.25) is 0 Å². The van der Waals surface area contributed by atoms with Gasteiger partial charge in [0.1, 0.15) is 0 Å². The average Bonchev–Trinajstić information content (AvgIpc) is 2.53. The average molecular weight is 296 g/mol. The van der Waals surface area contributed by atoms with E-state index in [0.717, 1.165) is 21.8 Å². The highest BCUT2D eigenvalue weighted by Gasteiger charge is 1.99. The minimum atomic E-state index is -1.26. The van der Waals surface area contributed by atoms with Crippen LogP contribution in [0.1, 0.15) is 0 Å². The van der Waals surface area contributed by atoms with Crippen molar-refractivity contribution in [2.45, 2.75) is 0 Å². The van der Waals surface area contributed by atoms with E-state index in [4.69, 9.17) is 10.2 Å². The molecule has 2 heterocycles. The van der Waals surface area contributed by atoms with Crippen LogP contribution in [0.2, 0.25) is 0 Å². The lowest BCUT2D eigenvalue weighted by Crippen LogP contribution is -1.91. The molecule has 0 aliphatic carbocycles. The number of carboxylic acids is 2. The monoisotopic (exact) mass is 296 g/mol. The standard InChI is InChI=1S/C12H8N2.C4H4O4/c1-2-6-11-9(4-1)10-5-3-7-13-12(10)8-14-11;5-3(6)1-2-4(7)8/h1-8H;1-2H,(H,5,6)(H,7,8). The number of aliphatic carboxylic acids is 2. The zero-order chi connectivity index (χ0) is 15.9. The molecule has 0 saturated carbocycles. The fourth-order valence-corrected chi connectivity index (χ4v) is 1.84. The molecule has 0 fully saturated rings. The number of fused-ring (bicyclic) bond motifs is 3. The smallest absolute Gasteiger partial charge is 0.328 e. The van der Waals surface area contributed by atoms with E-state index in [-0.39, 0.29) is 0 Å². The van der Waals surface area contributed by atoms with Crippen LogP contribution in [0.5, 0.6) is 0 Å². The molecule has 1 aromatic carbocycles. The first-order valence-electron chi connectivity index (χ1n) is 6.30. The fourth-order valence-electron chi connectivity index (χ4n) is 1.84. The summed E-state index contributed by atoms with van der Waals surface area (Å²) in [5.74, 6) is -2.51. The number of pyridine rings is 2. The topological polar surface area (TPSA) is 100 Å². The van der Waals surface area contributed by atoms with Crippen LogP contribution in [-0.2, 0) is 9.59 Å². The van der Waals surface area contributed by atoms with E-state index in [1.165, 1.54) is 0 Å². The lowest BCUT2D eigenvalue weighted by molar-refractivity contribution is -0.134. The number of hydrogen-bond acceptors (Lipinski definition) is 4. The van der Waals surface area contributed by atoms with E-state index in [1.54, 1.807) is 6.20 Å². The summed E-state index contributed by atoms with van der Waals surface area (Å²) in [4.78, 5) is 27.7. The zero-order valence-corrected chi connectivity index (χ0v) is 11.4. The summed E-state index contributed by atoms with van der Waals surface area (Å²) >= 11 is 0. The molecular formula is C16H12N2O4. The predicted molar refractivity (Wildman–Crippen MR) is 81.5 cm³/mol. The Bertz CT molecular complexity index is 788. The molecule has 2 aromatic heterocycles. The molecule has 0 aliphatic heterocycles. The third kappa shape index (κ3) is 3.86. The molecule has 0 atom stereocenters. The number of hydrogen-bond donors (Lipinski definition) is 2. The minimum absolute atomic E-state index is 0.558. The molecule has 6 nitrogen and oxygen atoms in total. The second-order valence-corrected chi connectivity index (χ2v) is 4.22. The van der Waals surface area contributed by atoms with Crippen molar-refractivity contribution in [3.8, 4) is 0 Å². The summed E-state index contributed by atoms with van der Waals surface area (Å²) in [5, 5.41) is 18.0. The van der Waals surface area contributed by atoms with Crippen LogP contribution in [-0.4, -0.2) is 32.1 Å². The Morgan fingerprint density at radius 1 is 0.818 bits per heavy atom. The molecule has 0 amide bonds. The van der Waals surface area contributed by atoms with Crippen molar-refractivity contribution >= 4 is 33.7 Å². The molecule has 22 heavy (non-hydrogen) atoms. The van der Waals surface area contributed by atoms with Crippen LogP contribution in [0, 0.1) is 0 Å². The maximum atomic E-state index is 9.55. The second-order valence-electron chi connectivity index (χ2n) is 4.22. The molecule has 2 N–H and O–H groups in total. The molecule has 110 valence electrons. The van der Waals surface area contributed by atoms with Gasteiger partial charge in [-0.25, -0.2) is 9.59 Å². The van der Waals surface area contributed by atoms with Gasteiger partial charge in [-0.15, -0.1) is 0 Å². The van der Waals surface area contributed by atoms with Gasteiger partial charge in [-0.2, -0.15) is 0 Å². The van der Waals surface area contributed by atoms with Crippen LogP contribution in [0.15, 0.2) is 60.9 Å². The van der Waals surface area contributed by atoms with E-state index in [9.17, 15) is 9.59 Å². The molecule has 0 bridgehead atoms. The van der Waals surface area contributed by atoms with Gasteiger partial charge >= 0.3 is 11.9 Å². The van der Waals surface area contributed by atoms with Gasteiger partial charge in [-0.3, -0.25) is 9.97 Å². The summed E-state index contributed by atoms with van der Waals surface area (Å²) in [6.45, 7) is 0. The predicted octanol–water partition coefficient (Wildman–Crippen LogP) is 2.49. The number of aromatic nitrogens is 2. The maximum absolute atomic E-state index is 9.55. The van der Waals surface area contributed by atoms with Crippen LogP contribution >= 0.6 is 0 Å². The quantitative estimate of drug-likeness (QED) is 0.556. The summed E-state index contributed by atoms with van der Waals surface area (Å²) in [6, 6.07) is 12.1. The molecule has 0 spiro atoms. The Morgan fingerprint density at radius 3 is 2.09 bits per heavy atom. The number of carboxylic acid groups (broad SMARTS) is 2. The van der Waals surface area contributed by atoms with Gasteiger partial charge in [0.05, 0.1) is 17.2 Å². The number of carbonyl (C=O) groups is 2. The van der Waals surface area contributed by atoms with Gasteiger partial charge in [0.15, 0.2) is 0 Å². The van der Waals surface area contributed by atoms with E-state index in [1.807, 2.05) is 30.5 Å². The number of benzene rings is 1. The van der Waals surface area contributed by atoms with Crippen molar-refractivity contribution in [2.24, 2.45) is 0 Å². The number of nitrogens with zero attached hydrogens (tertiary/aromatic N) is 2. The van der Waals surface area contributed by atoms with Crippen LogP contribution < -0.4 is 0 Å². The first-order chi connectivity index (χ1) is 10.6. The van der Waals surface area contributed by atoms with Gasteiger partial charge in [0, 0.05) is 29.1 Å². The highest BCUT2D eigenvalue weighted by Crippen LogP contribution is 2.20. The first-order valence-corrected chi connectivity index (χ1v) is 6.30. The molecular weight excluding hydrogens is 284 g/mol. The van der Waals surface area contributed by atoms with Gasteiger partial charge in [-0.05, 0) is 12.1 Å². The lowest BCUT2D eigenvalue weighted by Gasteiger charge is -2.00. The molecule has 0 unspecified atom stereocenters. The first kappa shape index (κ1) is 15.1. The highest BCUT2D eigenvalue weighted by molar-refractivity contribution is 6.03. The minimum Gasteiger partial charge on any atom is -0.478 e. The Hall–Kier alpha value is -3.28. The molecule has 6 heteroatoms. The van der Waals surface area contributed by atoms with Crippen molar-refractivity contribution < 1.29 is 19.8 Å². The summed E-state index contributed by atoms with van der Waals surface area (Å²) < 4.78 is 0. The Kier molecular flexibility index (Phi) is 4.77. The van der Waals surface area contributed by atoms with Crippen molar-refractivity contribution in [1.29, 1.82) is 0 Å². The van der Waals surface area contributed by atoms with E-state index in [2.05, 4.69) is 22.1 Å². The lowest BCUT2D eigenvalue weighted by atomic mass is 10.1. The van der Waals surface area contributed by atoms with Gasteiger partial charge in [-0.1, -0.05) is 24.3 Å². The third-order valence-electron chi connectivity index (χ3n) is 2.73. The maximum Gasteiger partial charge on any atom is 0.328 e. The zero-order valence-electron chi connectivity index (χ0n) is 11.4. The van der Waals surface area contributed by atoms with Crippen LogP contribution in [0.3, 0.4) is 0 Å². The van der Waals surface area contributed by atoms with E-state index >= 15 is 0 Å². The van der Waals surface area contributed by atoms with E-state index < -0.39 is 11.9 Å². The van der Waals surface area contributed by atoms with Crippen molar-refractivity contribution in [1.82, 2.24) is 9.97 Å². The molecule has 3 aromatic rings. The van der Waals surface area contributed by atoms with Crippen molar-refractivity contribution in [3.05, 3.63) is 60.9 Å².